The van der Waals surface area contributed by atoms with E-state index in [1.807, 2.05) is 6.07 Å². The molecule has 20 heavy (non-hydrogen) atoms. The summed E-state index contributed by atoms with van der Waals surface area (Å²) in [5.74, 6) is -0.618. The number of aromatic nitrogens is 2. The quantitative estimate of drug-likeness (QED) is 0.789. The molecule has 0 saturated carbocycles. The van der Waals surface area contributed by atoms with Gasteiger partial charge >= 0.3 is 5.97 Å². The first-order valence-corrected chi connectivity index (χ1v) is 6.53. The fraction of sp³-hybridized carbons (Fsp3) is 0.333. The maximum Gasteiger partial charge on any atom is 0.327 e. The normalized spacial score (nSPS) is 10.6. The second-order valence-electron chi connectivity index (χ2n) is 4.51. The first-order chi connectivity index (χ1) is 9.63. The van der Waals surface area contributed by atoms with E-state index in [1.54, 1.807) is 16.8 Å². The van der Waals surface area contributed by atoms with Crippen LogP contribution in [-0.4, -0.2) is 22.9 Å². The summed E-state index contributed by atoms with van der Waals surface area (Å²) in [7, 11) is 1.35. The molecule has 1 aromatic carbocycles. The number of ether oxygens (including phenoxy) is 1. The van der Waals surface area contributed by atoms with Crippen molar-refractivity contribution in [1.29, 1.82) is 0 Å². The van der Waals surface area contributed by atoms with E-state index in [-0.39, 0.29) is 18.3 Å². The molecule has 0 spiro atoms. The predicted octanol–water partition coefficient (Wildman–Crippen LogP) is 2.81. The maximum absolute atomic E-state index is 12.9. The molecule has 0 aliphatic carbocycles. The Morgan fingerprint density at radius 2 is 2.05 bits per heavy atom. The summed E-state index contributed by atoms with van der Waals surface area (Å²) in [5.41, 5.74) is 2.53. The van der Waals surface area contributed by atoms with Crippen LogP contribution in [0.3, 0.4) is 0 Å². The lowest BCUT2D eigenvalue weighted by Gasteiger charge is -2.04. The third kappa shape index (κ3) is 3.23. The molecule has 0 aliphatic heterocycles. The standard InChI is InChI=1S/C15H17FN2O2/c1-3-4-13-9-14(11-5-7-12(16)8-6-11)17-18(13)10-15(19)20-2/h5-9H,3-4,10H2,1-2H3. The van der Waals surface area contributed by atoms with Crippen LogP contribution in [0.2, 0.25) is 0 Å². The molecule has 0 radical (unpaired) electrons. The van der Waals surface area contributed by atoms with E-state index >= 15 is 0 Å². The molecular weight excluding hydrogens is 259 g/mol. The molecule has 2 aromatic rings. The van der Waals surface area contributed by atoms with Gasteiger partial charge in [0, 0.05) is 11.3 Å². The highest BCUT2D eigenvalue weighted by molar-refractivity contribution is 5.69. The molecule has 1 heterocycles. The molecule has 2 rings (SSSR count). The Hall–Kier alpha value is -2.17. The number of methoxy groups -OCH3 is 1. The Morgan fingerprint density at radius 3 is 2.65 bits per heavy atom. The highest BCUT2D eigenvalue weighted by Gasteiger charge is 2.12. The molecule has 106 valence electrons. The van der Waals surface area contributed by atoms with Crippen molar-refractivity contribution in [2.24, 2.45) is 0 Å². The summed E-state index contributed by atoms with van der Waals surface area (Å²) < 4.78 is 19.3. The first-order valence-electron chi connectivity index (χ1n) is 6.53. The van der Waals surface area contributed by atoms with Crippen LogP contribution >= 0.6 is 0 Å². The van der Waals surface area contributed by atoms with E-state index in [9.17, 15) is 9.18 Å². The highest BCUT2D eigenvalue weighted by atomic mass is 19.1. The number of hydrogen-bond acceptors (Lipinski definition) is 3. The summed E-state index contributed by atoms with van der Waals surface area (Å²) in [6.07, 6.45) is 1.78. The van der Waals surface area contributed by atoms with Gasteiger partial charge < -0.3 is 4.74 Å². The smallest absolute Gasteiger partial charge is 0.327 e. The lowest BCUT2D eigenvalue weighted by molar-refractivity contribution is -0.141. The van der Waals surface area contributed by atoms with Gasteiger partial charge in [0.05, 0.1) is 12.8 Å². The molecule has 1 aromatic heterocycles. The molecule has 0 fully saturated rings. The highest BCUT2D eigenvalue weighted by Crippen LogP contribution is 2.20. The zero-order chi connectivity index (χ0) is 14.5. The second kappa shape index (κ2) is 6.32. The second-order valence-corrected chi connectivity index (χ2v) is 4.51. The van der Waals surface area contributed by atoms with E-state index in [0.29, 0.717) is 0 Å². The summed E-state index contributed by atoms with van der Waals surface area (Å²) in [6.45, 7) is 2.15. The van der Waals surface area contributed by atoms with E-state index in [1.165, 1.54) is 19.2 Å². The third-order valence-corrected chi connectivity index (χ3v) is 3.02. The lowest BCUT2D eigenvalue weighted by Crippen LogP contribution is -2.15. The summed E-state index contributed by atoms with van der Waals surface area (Å²) >= 11 is 0. The molecule has 0 amide bonds. The molecule has 0 unspecified atom stereocenters. The number of rotatable bonds is 5. The minimum absolute atomic E-state index is 0.0903. The number of aryl methyl sites for hydroxylation is 1. The van der Waals surface area contributed by atoms with Gasteiger partial charge in [0.2, 0.25) is 0 Å². The van der Waals surface area contributed by atoms with Crippen molar-refractivity contribution in [1.82, 2.24) is 9.78 Å². The van der Waals surface area contributed by atoms with Crippen molar-refractivity contribution in [3.63, 3.8) is 0 Å². The molecule has 0 atom stereocenters. The maximum atomic E-state index is 12.9. The number of esters is 1. The van der Waals surface area contributed by atoms with Crippen molar-refractivity contribution in [3.8, 4) is 11.3 Å². The Kier molecular flexibility index (Phi) is 4.50. The van der Waals surface area contributed by atoms with Crippen LogP contribution < -0.4 is 0 Å². The monoisotopic (exact) mass is 276 g/mol. The van der Waals surface area contributed by atoms with Crippen LogP contribution in [-0.2, 0) is 22.5 Å². The van der Waals surface area contributed by atoms with Gasteiger partial charge in [-0.2, -0.15) is 5.10 Å². The lowest BCUT2D eigenvalue weighted by atomic mass is 10.1. The Balaban J connectivity index is 2.32. The number of halogens is 1. The largest absolute Gasteiger partial charge is 0.468 e. The topological polar surface area (TPSA) is 44.1 Å². The van der Waals surface area contributed by atoms with Gasteiger partial charge in [0.25, 0.3) is 0 Å². The number of hydrogen-bond donors (Lipinski definition) is 0. The average Bonchev–Trinajstić information content (AvgIpc) is 2.83. The van der Waals surface area contributed by atoms with Crippen LogP contribution in [0.1, 0.15) is 19.0 Å². The zero-order valence-corrected chi connectivity index (χ0v) is 11.6. The van der Waals surface area contributed by atoms with Gasteiger partial charge in [-0.1, -0.05) is 13.3 Å². The van der Waals surface area contributed by atoms with Gasteiger partial charge in [-0.05, 0) is 36.8 Å². The van der Waals surface area contributed by atoms with E-state index in [2.05, 4.69) is 16.8 Å². The fourth-order valence-corrected chi connectivity index (χ4v) is 2.00. The summed E-state index contributed by atoms with van der Waals surface area (Å²) in [6, 6.07) is 8.08. The molecule has 5 heteroatoms. The van der Waals surface area contributed by atoms with Gasteiger partial charge in [0.15, 0.2) is 0 Å². The van der Waals surface area contributed by atoms with Crippen LogP contribution in [0.4, 0.5) is 4.39 Å². The van der Waals surface area contributed by atoms with Crippen LogP contribution in [0, 0.1) is 5.82 Å². The van der Waals surface area contributed by atoms with E-state index < -0.39 is 0 Å². The van der Waals surface area contributed by atoms with E-state index in [4.69, 9.17) is 0 Å². The molecular formula is C15H17FN2O2. The zero-order valence-electron chi connectivity index (χ0n) is 11.6. The first kappa shape index (κ1) is 14.2. The average molecular weight is 276 g/mol. The number of carbonyl (C=O) groups excluding carboxylic acids is 1. The van der Waals surface area contributed by atoms with Crippen LogP contribution in [0.5, 0.6) is 0 Å². The van der Waals surface area contributed by atoms with Crippen molar-refractivity contribution in [2.75, 3.05) is 7.11 Å². The molecule has 4 nitrogen and oxygen atoms in total. The van der Waals surface area contributed by atoms with E-state index in [0.717, 1.165) is 29.8 Å². The Bertz CT molecular complexity index is 590. The number of nitrogens with zero attached hydrogens (tertiary/aromatic N) is 2. The van der Waals surface area contributed by atoms with Gasteiger partial charge in [0.1, 0.15) is 12.4 Å². The van der Waals surface area contributed by atoms with Crippen molar-refractivity contribution in [2.45, 2.75) is 26.3 Å². The van der Waals surface area contributed by atoms with Crippen LogP contribution in [0.25, 0.3) is 11.3 Å². The molecule has 0 bridgehead atoms. The number of carbonyl (C=O) groups is 1. The minimum Gasteiger partial charge on any atom is -0.468 e. The molecule has 0 saturated heterocycles. The predicted molar refractivity (Wildman–Crippen MR) is 73.6 cm³/mol. The van der Waals surface area contributed by atoms with Crippen molar-refractivity contribution >= 4 is 5.97 Å². The van der Waals surface area contributed by atoms with Crippen molar-refractivity contribution in [3.05, 3.63) is 41.8 Å². The minimum atomic E-state index is -0.337. The van der Waals surface area contributed by atoms with Crippen LogP contribution in [0.15, 0.2) is 30.3 Å². The van der Waals surface area contributed by atoms with Crippen molar-refractivity contribution < 1.29 is 13.9 Å². The van der Waals surface area contributed by atoms with Gasteiger partial charge in [-0.25, -0.2) is 4.39 Å². The number of benzene rings is 1. The summed E-state index contributed by atoms with van der Waals surface area (Å²) in [5, 5.41) is 4.41. The Labute approximate surface area is 117 Å². The molecule has 0 N–H and O–H groups in total. The summed E-state index contributed by atoms with van der Waals surface area (Å²) in [4.78, 5) is 11.4. The van der Waals surface area contributed by atoms with Gasteiger partial charge in [-0.15, -0.1) is 0 Å². The third-order valence-electron chi connectivity index (χ3n) is 3.02. The Morgan fingerprint density at radius 1 is 1.35 bits per heavy atom. The SMILES string of the molecule is CCCc1cc(-c2ccc(F)cc2)nn1CC(=O)OC. The fourth-order valence-electron chi connectivity index (χ4n) is 2.00. The van der Waals surface area contributed by atoms with Gasteiger partial charge in [-0.3, -0.25) is 9.48 Å². The molecule has 0 aliphatic rings.